The summed E-state index contributed by atoms with van der Waals surface area (Å²) in [5, 5.41) is 6.46. The molecule has 1 N–H and O–H groups in total. The highest BCUT2D eigenvalue weighted by Crippen LogP contribution is 2.34. The van der Waals surface area contributed by atoms with E-state index in [0.717, 1.165) is 59.3 Å². The second-order valence-corrected chi connectivity index (χ2v) is 8.38. The van der Waals surface area contributed by atoms with Crippen molar-refractivity contribution in [2.45, 2.75) is 38.9 Å². The molecule has 0 atom stereocenters. The van der Waals surface area contributed by atoms with E-state index in [1.807, 2.05) is 19.2 Å². The van der Waals surface area contributed by atoms with Crippen LogP contribution in [0.5, 0.6) is 0 Å². The first-order valence-electron chi connectivity index (χ1n) is 11.0. The van der Waals surface area contributed by atoms with Gasteiger partial charge >= 0.3 is 6.18 Å². The van der Waals surface area contributed by atoms with Gasteiger partial charge in [-0.15, -0.1) is 0 Å². The Kier molecular flexibility index (Phi) is 5.47. The maximum absolute atomic E-state index is 14.0. The van der Waals surface area contributed by atoms with Crippen molar-refractivity contribution in [1.82, 2.24) is 19.3 Å². The van der Waals surface area contributed by atoms with Crippen molar-refractivity contribution >= 4 is 11.6 Å². The van der Waals surface area contributed by atoms with Gasteiger partial charge in [0.2, 0.25) is 0 Å². The molecule has 2 aromatic heterocycles. The number of nitrogens with one attached hydrogen (secondary N) is 1. The minimum Gasteiger partial charge on any atom is -0.334 e. The van der Waals surface area contributed by atoms with Crippen LogP contribution in [-0.2, 0) is 19.1 Å². The lowest BCUT2D eigenvalue weighted by Crippen LogP contribution is -2.20. The number of carbonyl (C=O) groups is 1. The predicted molar refractivity (Wildman–Crippen MR) is 122 cm³/mol. The van der Waals surface area contributed by atoms with Gasteiger partial charge in [0.05, 0.1) is 23.1 Å². The molecule has 0 saturated carbocycles. The van der Waals surface area contributed by atoms with Crippen LogP contribution in [0.3, 0.4) is 0 Å². The Bertz CT molecular complexity index is 1330. The summed E-state index contributed by atoms with van der Waals surface area (Å²) < 4.78 is 44.7. The highest BCUT2D eigenvalue weighted by Gasteiger charge is 2.40. The number of carbonyl (C=O) groups excluding carboxylic acids is 1. The summed E-state index contributed by atoms with van der Waals surface area (Å²) in [6.07, 6.45) is 1.28. The second kappa shape index (κ2) is 8.48. The topological polar surface area (TPSA) is 64.7 Å². The van der Waals surface area contributed by atoms with Gasteiger partial charge in [-0.1, -0.05) is 29.8 Å². The average Bonchev–Trinajstić information content (AvgIpc) is 3.45. The molecule has 1 aliphatic rings. The number of halogens is 3. The Hall–Kier alpha value is -3.88. The first-order chi connectivity index (χ1) is 16.3. The predicted octanol–water partition coefficient (Wildman–Crippen LogP) is 5.65. The van der Waals surface area contributed by atoms with Crippen LogP contribution < -0.4 is 5.32 Å². The summed E-state index contributed by atoms with van der Waals surface area (Å²) in [7, 11) is 0. The largest absolute Gasteiger partial charge is 0.434 e. The third-order valence-electron chi connectivity index (χ3n) is 5.89. The van der Waals surface area contributed by atoms with Crippen molar-refractivity contribution < 1.29 is 18.0 Å². The van der Waals surface area contributed by atoms with Gasteiger partial charge in [0.1, 0.15) is 5.82 Å². The number of imidazole rings is 1. The summed E-state index contributed by atoms with van der Waals surface area (Å²) in [6.45, 7) is 2.76. The second-order valence-electron chi connectivity index (χ2n) is 8.38. The smallest absolute Gasteiger partial charge is 0.334 e. The minimum atomic E-state index is -4.77. The van der Waals surface area contributed by atoms with Crippen LogP contribution in [0.1, 0.15) is 40.3 Å². The molecule has 1 amide bonds. The zero-order valence-corrected chi connectivity index (χ0v) is 18.4. The number of fused-ring (bicyclic) bond motifs is 1. The molecule has 2 aromatic carbocycles. The van der Waals surface area contributed by atoms with Gasteiger partial charge in [0.25, 0.3) is 5.91 Å². The molecule has 0 saturated heterocycles. The van der Waals surface area contributed by atoms with Gasteiger partial charge in [-0.25, -0.2) is 9.67 Å². The van der Waals surface area contributed by atoms with Crippen LogP contribution in [0.15, 0.2) is 60.9 Å². The summed E-state index contributed by atoms with van der Waals surface area (Å²) in [5.41, 5.74) is 1.40. The highest BCUT2D eigenvalue weighted by molar-refractivity contribution is 6.05. The Morgan fingerprint density at radius 2 is 1.88 bits per heavy atom. The fourth-order valence-electron chi connectivity index (χ4n) is 4.18. The van der Waals surface area contributed by atoms with Crippen LogP contribution in [0.2, 0.25) is 0 Å². The van der Waals surface area contributed by atoms with Gasteiger partial charge in [-0.2, -0.15) is 18.3 Å². The monoisotopic (exact) mass is 465 g/mol. The molecular weight excluding hydrogens is 443 g/mol. The molecule has 4 aromatic rings. The normalized spacial score (nSPS) is 13.5. The van der Waals surface area contributed by atoms with Crippen molar-refractivity contribution in [3.05, 3.63) is 83.6 Å². The first-order valence-corrected chi connectivity index (χ1v) is 11.0. The van der Waals surface area contributed by atoms with Crippen molar-refractivity contribution in [3.63, 3.8) is 0 Å². The van der Waals surface area contributed by atoms with Gasteiger partial charge in [-0.3, -0.25) is 4.79 Å². The summed E-state index contributed by atoms with van der Waals surface area (Å²) in [6, 6.07) is 13.4. The summed E-state index contributed by atoms with van der Waals surface area (Å²) in [4.78, 5) is 17.6. The number of anilines is 1. The van der Waals surface area contributed by atoms with Crippen LogP contribution >= 0.6 is 0 Å². The van der Waals surface area contributed by atoms with Crippen molar-refractivity contribution in [3.8, 4) is 16.9 Å². The molecule has 3 heterocycles. The standard InChI is InChI=1S/C25H22F3N5O/c1-16-8-10-19(11-9-16)33-23(25(26,27)28)20(14-29-33)24(34)30-18-6-4-5-17(13-18)21-15-32-12-3-2-7-22(32)31-21/h4-6,8-11,13-15H,2-3,7,12H2,1H3,(H,30,34). The number of amides is 1. The molecular formula is C25H22F3N5O. The van der Waals surface area contributed by atoms with E-state index >= 15 is 0 Å². The molecule has 0 radical (unpaired) electrons. The lowest BCUT2D eigenvalue weighted by molar-refractivity contribution is -0.143. The minimum absolute atomic E-state index is 0.225. The van der Waals surface area contributed by atoms with E-state index in [4.69, 9.17) is 0 Å². The van der Waals surface area contributed by atoms with Crippen molar-refractivity contribution in [2.24, 2.45) is 0 Å². The molecule has 5 rings (SSSR count). The lowest BCUT2D eigenvalue weighted by Gasteiger charge is -2.13. The van der Waals surface area contributed by atoms with E-state index in [0.29, 0.717) is 5.69 Å². The number of hydrogen-bond donors (Lipinski definition) is 1. The van der Waals surface area contributed by atoms with E-state index in [2.05, 4.69) is 20.0 Å². The highest BCUT2D eigenvalue weighted by atomic mass is 19.4. The maximum Gasteiger partial charge on any atom is 0.434 e. The van der Waals surface area contributed by atoms with Gasteiger partial charge in [-0.05, 0) is 44.0 Å². The number of alkyl halides is 3. The molecule has 174 valence electrons. The number of aryl methyl sites for hydroxylation is 3. The molecule has 0 aliphatic carbocycles. The number of benzene rings is 2. The average molecular weight is 465 g/mol. The van der Waals surface area contributed by atoms with Crippen LogP contribution in [0.4, 0.5) is 18.9 Å². The molecule has 0 unspecified atom stereocenters. The number of hydrogen-bond acceptors (Lipinski definition) is 3. The van der Waals surface area contributed by atoms with Crippen LogP contribution in [0.25, 0.3) is 16.9 Å². The molecule has 0 fully saturated rings. The van der Waals surface area contributed by atoms with Crippen LogP contribution in [0, 0.1) is 6.92 Å². The van der Waals surface area contributed by atoms with E-state index in [9.17, 15) is 18.0 Å². The summed E-state index contributed by atoms with van der Waals surface area (Å²) >= 11 is 0. The Morgan fingerprint density at radius 3 is 2.62 bits per heavy atom. The Labute approximate surface area is 194 Å². The summed E-state index contributed by atoms with van der Waals surface area (Å²) in [5.74, 6) is 0.140. The lowest BCUT2D eigenvalue weighted by atomic mass is 10.1. The van der Waals surface area contributed by atoms with Gasteiger partial charge < -0.3 is 9.88 Å². The molecule has 6 nitrogen and oxygen atoms in total. The van der Waals surface area contributed by atoms with E-state index in [1.54, 1.807) is 30.3 Å². The third kappa shape index (κ3) is 4.21. The van der Waals surface area contributed by atoms with Gasteiger partial charge in [0.15, 0.2) is 5.69 Å². The fraction of sp³-hybridized carbons (Fsp3) is 0.240. The molecule has 0 spiro atoms. The Balaban J connectivity index is 1.44. The zero-order valence-electron chi connectivity index (χ0n) is 18.4. The molecule has 0 bridgehead atoms. The zero-order chi connectivity index (χ0) is 23.9. The number of rotatable bonds is 4. The SMILES string of the molecule is Cc1ccc(-n2ncc(C(=O)Nc3cccc(-c4cn5c(n4)CCCC5)c3)c2C(F)(F)F)cc1. The first kappa shape index (κ1) is 21.9. The number of nitrogens with zero attached hydrogens (tertiary/aromatic N) is 4. The molecule has 1 aliphatic heterocycles. The number of aromatic nitrogens is 4. The third-order valence-corrected chi connectivity index (χ3v) is 5.89. The maximum atomic E-state index is 14.0. The van der Waals surface area contributed by atoms with Crippen molar-refractivity contribution in [2.75, 3.05) is 5.32 Å². The quantitative estimate of drug-likeness (QED) is 0.424. The van der Waals surface area contributed by atoms with Crippen molar-refractivity contribution in [1.29, 1.82) is 0 Å². The fourth-order valence-corrected chi connectivity index (χ4v) is 4.18. The van der Waals surface area contributed by atoms with Crippen LogP contribution in [-0.4, -0.2) is 25.2 Å². The molecule has 9 heteroatoms. The van der Waals surface area contributed by atoms with Gasteiger partial charge in [0, 0.05) is 30.4 Å². The van der Waals surface area contributed by atoms with E-state index < -0.39 is 23.3 Å². The van der Waals surface area contributed by atoms with E-state index in [-0.39, 0.29) is 5.69 Å². The Morgan fingerprint density at radius 1 is 1.09 bits per heavy atom. The van der Waals surface area contributed by atoms with E-state index in [1.165, 1.54) is 12.1 Å². The molecule has 34 heavy (non-hydrogen) atoms.